The number of hydrogen-bond acceptors (Lipinski definition) is 3. The van der Waals surface area contributed by atoms with E-state index in [1.54, 1.807) is 0 Å². The van der Waals surface area contributed by atoms with Crippen LogP contribution < -0.4 is 5.32 Å². The van der Waals surface area contributed by atoms with E-state index in [1.807, 2.05) is 25.7 Å². The summed E-state index contributed by atoms with van der Waals surface area (Å²) in [7, 11) is 0. The molecule has 26 heavy (non-hydrogen) atoms. The lowest BCUT2D eigenvalue weighted by atomic mass is 9.90. The van der Waals surface area contributed by atoms with E-state index in [1.165, 1.54) is 12.8 Å². The van der Waals surface area contributed by atoms with E-state index in [-0.39, 0.29) is 28.7 Å². The minimum absolute atomic E-state index is 0.0279. The average Bonchev–Trinajstić information content (AvgIpc) is 2.58. The monoisotopic (exact) mass is 365 g/mol. The predicted molar refractivity (Wildman–Crippen MR) is 106 cm³/mol. The van der Waals surface area contributed by atoms with Gasteiger partial charge in [0.2, 0.25) is 11.8 Å². The standard InChI is InChI=1S/C21H39N3O2/c1-16-9-7-12-24(13-16)21(5,6)15-22-18(25)17-10-8-11-23(14-17)19(26)20(2,3)4/h16-17H,7-15H2,1-6H3,(H,22,25). The zero-order valence-electron chi connectivity index (χ0n) is 17.7. The molecule has 2 atom stereocenters. The number of piperidine rings is 2. The molecule has 0 aliphatic carbocycles. The number of carbonyl (C=O) groups is 2. The Morgan fingerprint density at radius 3 is 2.27 bits per heavy atom. The Balaban J connectivity index is 1.87. The van der Waals surface area contributed by atoms with Gasteiger partial charge >= 0.3 is 0 Å². The van der Waals surface area contributed by atoms with Gasteiger partial charge in [-0.15, -0.1) is 0 Å². The molecule has 5 nitrogen and oxygen atoms in total. The summed E-state index contributed by atoms with van der Waals surface area (Å²) in [5.74, 6) is 0.910. The van der Waals surface area contributed by atoms with E-state index in [0.717, 1.165) is 38.4 Å². The van der Waals surface area contributed by atoms with Crippen LogP contribution in [0.5, 0.6) is 0 Å². The molecule has 0 bridgehead atoms. The largest absolute Gasteiger partial charge is 0.354 e. The lowest BCUT2D eigenvalue weighted by molar-refractivity contribution is -0.142. The molecular formula is C21H39N3O2. The van der Waals surface area contributed by atoms with Crippen LogP contribution in [0.15, 0.2) is 0 Å². The molecule has 0 saturated carbocycles. The molecule has 0 spiro atoms. The van der Waals surface area contributed by atoms with Gasteiger partial charge in [0.25, 0.3) is 0 Å². The Bertz CT molecular complexity index is 510. The highest BCUT2D eigenvalue weighted by molar-refractivity contribution is 5.83. The van der Waals surface area contributed by atoms with Crippen molar-refractivity contribution in [3.05, 3.63) is 0 Å². The van der Waals surface area contributed by atoms with Crippen molar-refractivity contribution in [2.24, 2.45) is 17.3 Å². The van der Waals surface area contributed by atoms with Crippen molar-refractivity contribution in [3.63, 3.8) is 0 Å². The number of nitrogens with zero attached hydrogens (tertiary/aromatic N) is 2. The van der Waals surface area contributed by atoms with Crippen molar-refractivity contribution < 1.29 is 9.59 Å². The number of carbonyl (C=O) groups excluding carboxylic acids is 2. The number of nitrogens with one attached hydrogen (secondary N) is 1. The number of rotatable bonds is 4. The SMILES string of the molecule is CC1CCCN(C(C)(C)CNC(=O)C2CCCN(C(=O)C(C)(C)C)C2)C1. The minimum Gasteiger partial charge on any atom is -0.354 e. The molecule has 0 aromatic heterocycles. The quantitative estimate of drug-likeness (QED) is 0.833. The van der Waals surface area contributed by atoms with E-state index in [0.29, 0.717) is 13.1 Å². The van der Waals surface area contributed by atoms with Gasteiger partial charge in [-0.2, -0.15) is 0 Å². The third-order valence-corrected chi connectivity index (χ3v) is 5.93. The molecular weight excluding hydrogens is 326 g/mol. The second-order valence-corrected chi connectivity index (χ2v) is 10.1. The molecule has 2 unspecified atom stereocenters. The molecule has 2 aliphatic heterocycles. The van der Waals surface area contributed by atoms with Crippen LogP contribution in [0.1, 0.15) is 67.2 Å². The van der Waals surface area contributed by atoms with Gasteiger partial charge in [-0.3, -0.25) is 14.5 Å². The predicted octanol–water partition coefficient (Wildman–Crippen LogP) is 2.90. The lowest BCUT2D eigenvalue weighted by Crippen LogP contribution is -2.56. The van der Waals surface area contributed by atoms with E-state index >= 15 is 0 Å². The molecule has 2 aliphatic rings. The molecule has 2 saturated heterocycles. The number of hydrogen-bond donors (Lipinski definition) is 1. The Morgan fingerprint density at radius 1 is 1.00 bits per heavy atom. The van der Waals surface area contributed by atoms with Crippen LogP contribution in [0.2, 0.25) is 0 Å². The summed E-state index contributed by atoms with van der Waals surface area (Å²) in [4.78, 5) is 29.7. The second kappa shape index (κ2) is 8.28. The van der Waals surface area contributed by atoms with Gasteiger partial charge in [-0.05, 0) is 52.0 Å². The highest BCUT2D eigenvalue weighted by atomic mass is 16.2. The normalized spacial score (nSPS) is 25.8. The van der Waals surface area contributed by atoms with Crippen molar-refractivity contribution >= 4 is 11.8 Å². The highest BCUT2D eigenvalue weighted by Gasteiger charge is 2.35. The van der Waals surface area contributed by atoms with Crippen molar-refractivity contribution in [3.8, 4) is 0 Å². The zero-order chi connectivity index (χ0) is 19.5. The summed E-state index contributed by atoms with van der Waals surface area (Å²) in [5, 5.41) is 3.18. The summed E-state index contributed by atoms with van der Waals surface area (Å²) in [6.07, 6.45) is 4.33. The summed E-state index contributed by atoms with van der Waals surface area (Å²) < 4.78 is 0. The summed E-state index contributed by atoms with van der Waals surface area (Å²) in [5.41, 5.74) is -0.411. The van der Waals surface area contributed by atoms with Gasteiger partial charge in [-0.1, -0.05) is 27.7 Å². The van der Waals surface area contributed by atoms with E-state index in [2.05, 4.69) is 31.0 Å². The minimum atomic E-state index is -0.384. The zero-order valence-corrected chi connectivity index (χ0v) is 17.7. The maximum absolute atomic E-state index is 12.7. The average molecular weight is 366 g/mol. The van der Waals surface area contributed by atoms with Gasteiger partial charge in [0.05, 0.1) is 5.92 Å². The van der Waals surface area contributed by atoms with Crippen LogP contribution >= 0.6 is 0 Å². The molecule has 2 heterocycles. The first-order valence-electron chi connectivity index (χ1n) is 10.3. The van der Waals surface area contributed by atoms with E-state index in [4.69, 9.17) is 0 Å². The summed E-state index contributed by atoms with van der Waals surface area (Å²) >= 11 is 0. The molecule has 0 aromatic rings. The molecule has 0 radical (unpaired) electrons. The number of amides is 2. The second-order valence-electron chi connectivity index (χ2n) is 10.1. The lowest BCUT2D eigenvalue weighted by Gasteiger charge is -2.43. The van der Waals surface area contributed by atoms with Crippen LogP contribution in [0, 0.1) is 17.3 Å². The van der Waals surface area contributed by atoms with Crippen molar-refractivity contribution in [1.82, 2.24) is 15.1 Å². The third kappa shape index (κ3) is 5.45. The molecule has 1 N–H and O–H groups in total. The molecule has 2 amide bonds. The van der Waals surface area contributed by atoms with Crippen LogP contribution in [0.3, 0.4) is 0 Å². The van der Waals surface area contributed by atoms with Crippen molar-refractivity contribution in [2.45, 2.75) is 72.8 Å². The van der Waals surface area contributed by atoms with Crippen molar-refractivity contribution in [1.29, 1.82) is 0 Å². The van der Waals surface area contributed by atoms with Gasteiger partial charge in [0, 0.05) is 37.1 Å². The molecule has 150 valence electrons. The van der Waals surface area contributed by atoms with Crippen LogP contribution in [0.4, 0.5) is 0 Å². The number of likely N-dealkylation sites (tertiary alicyclic amines) is 2. The Kier molecular flexibility index (Phi) is 6.75. The van der Waals surface area contributed by atoms with E-state index < -0.39 is 0 Å². The third-order valence-electron chi connectivity index (χ3n) is 5.93. The molecule has 2 fully saturated rings. The highest BCUT2D eigenvalue weighted by Crippen LogP contribution is 2.25. The van der Waals surface area contributed by atoms with Gasteiger partial charge in [-0.25, -0.2) is 0 Å². The first-order chi connectivity index (χ1) is 12.0. The first kappa shape index (κ1) is 21.2. The van der Waals surface area contributed by atoms with Crippen molar-refractivity contribution in [2.75, 3.05) is 32.7 Å². The molecule has 0 aromatic carbocycles. The maximum atomic E-state index is 12.7. The Labute approximate surface area is 159 Å². The summed E-state index contributed by atoms with van der Waals surface area (Å²) in [6.45, 7) is 16.8. The topological polar surface area (TPSA) is 52.7 Å². The van der Waals surface area contributed by atoms with Gasteiger partial charge in [0.15, 0.2) is 0 Å². The molecule has 2 rings (SSSR count). The van der Waals surface area contributed by atoms with Gasteiger partial charge in [0.1, 0.15) is 0 Å². The summed E-state index contributed by atoms with van der Waals surface area (Å²) in [6, 6.07) is 0. The fourth-order valence-electron chi connectivity index (χ4n) is 4.15. The van der Waals surface area contributed by atoms with Crippen LogP contribution in [-0.2, 0) is 9.59 Å². The Hall–Kier alpha value is -1.10. The first-order valence-corrected chi connectivity index (χ1v) is 10.3. The Morgan fingerprint density at radius 2 is 1.65 bits per heavy atom. The molecule has 5 heteroatoms. The van der Waals surface area contributed by atoms with Crippen LogP contribution in [0.25, 0.3) is 0 Å². The fraction of sp³-hybridized carbons (Fsp3) is 0.905. The smallest absolute Gasteiger partial charge is 0.227 e. The van der Waals surface area contributed by atoms with E-state index in [9.17, 15) is 9.59 Å². The van der Waals surface area contributed by atoms with Crippen LogP contribution in [-0.4, -0.2) is 59.9 Å². The maximum Gasteiger partial charge on any atom is 0.227 e. The fourth-order valence-corrected chi connectivity index (χ4v) is 4.15. The van der Waals surface area contributed by atoms with Gasteiger partial charge < -0.3 is 10.2 Å².